The van der Waals surface area contributed by atoms with Crippen LogP contribution in [-0.4, -0.2) is 35.8 Å². The minimum Gasteiger partial charge on any atom is -0.341 e. The summed E-state index contributed by atoms with van der Waals surface area (Å²) in [6.45, 7) is 9.78. The molecule has 0 saturated carbocycles. The van der Waals surface area contributed by atoms with Crippen molar-refractivity contribution in [1.29, 1.82) is 0 Å². The Morgan fingerprint density at radius 1 is 1.09 bits per heavy atom. The Bertz CT molecular complexity index is 537. The Balaban J connectivity index is 1.98. The summed E-state index contributed by atoms with van der Waals surface area (Å²) in [5.74, 6) is -0.183. The van der Waals surface area contributed by atoms with Crippen molar-refractivity contribution >= 4 is 11.8 Å². The highest BCUT2D eigenvalue weighted by molar-refractivity contribution is 5.97. The maximum Gasteiger partial charge on any atom is 0.251 e. The fourth-order valence-corrected chi connectivity index (χ4v) is 2.67. The molecule has 120 valence electrons. The lowest BCUT2D eigenvalue weighted by Gasteiger charge is -2.21. The maximum absolute atomic E-state index is 12.3. The molecule has 22 heavy (non-hydrogen) atoms. The van der Waals surface area contributed by atoms with Crippen molar-refractivity contribution in [3.63, 3.8) is 0 Å². The monoisotopic (exact) mass is 302 g/mol. The Morgan fingerprint density at radius 3 is 2.14 bits per heavy atom. The van der Waals surface area contributed by atoms with Crippen LogP contribution in [0.15, 0.2) is 24.3 Å². The van der Waals surface area contributed by atoms with Gasteiger partial charge >= 0.3 is 0 Å². The van der Waals surface area contributed by atoms with Gasteiger partial charge in [0, 0.05) is 18.7 Å². The third-order valence-electron chi connectivity index (χ3n) is 4.15. The summed E-state index contributed by atoms with van der Waals surface area (Å²) in [6, 6.07) is 7.11. The molecular weight excluding hydrogens is 276 g/mol. The Morgan fingerprint density at radius 2 is 1.64 bits per heavy atom. The van der Waals surface area contributed by atoms with Crippen LogP contribution in [0.5, 0.6) is 0 Å². The number of carbonyl (C=O) groups excluding carboxylic acids is 2. The molecule has 4 heteroatoms. The quantitative estimate of drug-likeness (QED) is 0.933. The first-order chi connectivity index (χ1) is 10.3. The lowest BCUT2D eigenvalue weighted by molar-refractivity contribution is -0.131. The van der Waals surface area contributed by atoms with Crippen LogP contribution in [0, 0.1) is 0 Å². The molecule has 2 rings (SSSR count). The number of amides is 2. The molecule has 1 heterocycles. The molecule has 1 aliphatic heterocycles. The minimum absolute atomic E-state index is 0.0113. The normalized spacial score (nSPS) is 16.5. The molecule has 1 saturated heterocycles. The molecule has 1 fully saturated rings. The molecule has 0 aromatic heterocycles. The molecule has 0 spiro atoms. The first-order valence-electron chi connectivity index (χ1n) is 7.99. The highest BCUT2D eigenvalue weighted by atomic mass is 16.2. The molecule has 0 radical (unpaired) electrons. The van der Waals surface area contributed by atoms with E-state index >= 15 is 0 Å². The van der Waals surface area contributed by atoms with Gasteiger partial charge in [0.05, 0.1) is 0 Å². The fourth-order valence-electron chi connectivity index (χ4n) is 2.67. The second-order valence-electron chi connectivity index (χ2n) is 7.05. The van der Waals surface area contributed by atoms with E-state index < -0.39 is 6.04 Å². The number of carbonyl (C=O) groups is 2. The van der Waals surface area contributed by atoms with Gasteiger partial charge in [0.1, 0.15) is 6.04 Å². The van der Waals surface area contributed by atoms with Gasteiger partial charge in [-0.3, -0.25) is 9.59 Å². The Hall–Kier alpha value is -1.84. The van der Waals surface area contributed by atoms with Gasteiger partial charge in [-0.2, -0.15) is 0 Å². The van der Waals surface area contributed by atoms with E-state index in [1.165, 1.54) is 5.56 Å². The molecule has 2 amide bonds. The van der Waals surface area contributed by atoms with E-state index in [0.717, 1.165) is 25.9 Å². The van der Waals surface area contributed by atoms with E-state index in [1.54, 1.807) is 6.92 Å². The Kier molecular flexibility index (Phi) is 4.89. The third-order valence-corrected chi connectivity index (χ3v) is 4.15. The van der Waals surface area contributed by atoms with Crippen molar-refractivity contribution in [2.75, 3.05) is 13.1 Å². The van der Waals surface area contributed by atoms with Crippen molar-refractivity contribution in [3.8, 4) is 0 Å². The van der Waals surface area contributed by atoms with Gasteiger partial charge in [-0.25, -0.2) is 0 Å². The molecule has 4 nitrogen and oxygen atoms in total. The van der Waals surface area contributed by atoms with Crippen molar-refractivity contribution in [2.24, 2.45) is 0 Å². The standard InChI is InChI=1S/C18H26N2O2/c1-13(17(22)20-11-5-6-12-20)19-16(21)14-7-9-15(10-8-14)18(2,3)4/h7-10,13H,5-6,11-12H2,1-4H3,(H,19,21). The smallest absolute Gasteiger partial charge is 0.251 e. The summed E-state index contributed by atoms with van der Waals surface area (Å²) in [7, 11) is 0. The molecule has 1 aromatic carbocycles. The van der Waals surface area contributed by atoms with E-state index in [9.17, 15) is 9.59 Å². The summed E-state index contributed by atoms with van der Waals surface area (Å²) in [5.41, 5.74) is 1.84. The van der Waals surface area contributed by atoms with Gasteiger partial charge in [0.15, 0.2) is 0 Å². The van der Waals surface area contributed by atoms with Crippen molar-refractivity contribution in [2.45, 2.75) is 52.0 Å². The van der Waals surface area contributed by atoms with Crippen LogP contribution >= 0.6 is 0 Å². The van der Waals surface area contributed by atoms with Gasteiger partial charge in [-0.1, -0.05) is 32.9 Å². The van der Waals surface area contributed by atoms with Crippen LogP contribution < -0.4 is 5.32 Å². The van der Waals surface area contributed by atoms with Crippen LogP contribution in [0.25, 0.3) is 0 Å². The lowest BCUT2D eigenvalue weighted by Crippen LogP contribution is -2.45. The molecule has 1 aliphatic rings. The maximum atomic E-state index is 12.3. The van der Waals surface area contributed by atoms with Gasteiger partial charge < -0.3 is 10.2 Å². The van der Waals surface area contributed by atoms with Crippen LogP contribution in [-0.2, 0) is 10.2 Å². The third kappa shape index (κ3) is 3.87. The molecule has 1 aromatic rings. The first kappa shape index (κ1) is 16.5. The number of nitrogens with zero attached hydrogens (tertiary/aromatic N) is 1. The number of hydrogen-bond acceptors (Lipinski definition) is 2. The average Bonchev–Trinajstić information content (AvgIpc) is 2.99. The van der Waals surface area contributed by atoms with Crippen LogP contribution in [0.3, 0.4) is 0 Å². The number of rotatable bonds is 3. The molecular formula is C18H26N2O2. The number of benzene rings is 1. The predicted molar refractivity (Wildman–Crippen MR) is 87.9 cm³/mol. The summed E-state index contributed by atoms with van der Waals surface area (Å²) < 4.78 is 0. The first-order valence-corrected chi connectivity index (χ1v) is 7.99. The lowest BCUT2D eigenvalue weighted by atomic mass is 9.86. The zero-order valence-electron chi connectivity index (χ0n) is 14.0. The van der Waals surface area contributed by atoms with E-state index in [0.29, 0.717) is 5.56 Å². The summed E-state index contributed by atoms with van der Waals surface area (Å²) >= 11 is 0. The van der Waals surface area contributed by atoms with Gasteiger partial charge in [0.25, 0.3) is 5.91 Å². The topological polar surface area (TPSA) is 49.4 Å². The zero-order valence-corrected chi connectivity index (χ0v) is 14.0. The molecule has 1 N–H and O–H groups in total. The Labute approximate surface area is 132 Å². The van der Waals surface area contributed by atoms with Crippen LogP contribution in [0.4, 0.5) is 0 Å². The molecule has 1 unspecified atom stereocenters. The summed E-state index contributed by atoms with van der Waals surface area (Å²) in [6.07, 6.45) is 2.11. The van der Waals surface area contributed by atoms with Gasteiger partial charge in [-0.15, -0.1) is 0 Å². The largest absolute Gasteiger partial charge is 0.341 e. The van der Waals surface area contributed by atoms with Gasteiger partial charge in [-0.05, 0) is 42.9 Å². The second kappa shape index (κ2) is 6.51. The van der Waals surface area contributed by atoms with Crippen LogP contribution in [0.2, 0.25) is 0 Å². The van der Waals surface area contributed by atoms with E-state index in [-0.39, 0.29) is 17.2 Å². The predicted octanol–water partition coefficient (Wildman–Crippen LogP) is 2.72. The van der Waals surface area contributed by atoms with Crippen molar-refractivity contribution in [1.82, 2.24) is 10.2 Å². The minimum atomic E-state index is -0.479. The molecule has 0 bridgehead atoms. The SMILES string of the molecule is CC(NC(=O)c1ccc(C(C)(C)C)cc1)C(=O)N1CCCC1. The number of hydrogen-bond donors (Lipinski definition) is 1. The highest BCUT2D eigenvalue weighted by Gasteiger charge is 2.24. The molecule has 1 atom stereocenters. The fraction of sp³-hybridized carbons (Fsp3) is 0.556. The summed E-state index contributed by atoms with van der Waals surface area (Å²) in [4.78, 5) is 26.3. The zero-order chi connectivity index (χ0) is 16.3. The van der Waals surface area contributed by atoms with Crippen LogP contribution in [0.1, 0.15) is 56.5 Å². The van der Waals surface area contributed by atoms with E-state index in [1.807, 2.05) is 29.2 Å². The molecule has 0 aliphatic carbocycles. The number of nitrogens with one attached hydrogen (secondary N) is 1. The van der Waals surface area contributed by atoms with E-state index in [2.05, 4.69) is 26.1 Å². The van der Waals surface area contributed by atoms with E-state index in [4.69, 9.17) is 0 Å². The van der Waals surface area contributed by atoms with Gasteiger partial charge in [0.2, 0.25) is 5.91 Å². The van der Waals surface area contributed by atoms with Crippen molar-refractivity contribution in [3.05, 3.63) is 35.4 Å². The second-order valence-corrected chi connectivity index (χ2v) is 7.05. The highest BCUT2D eigenvalue weighted by Crippen LogP contribution is 2.22. The summed E-state index contributed by atoms with van der Waals surface area (Å²) in [5, 5.41) is 2.80. The van der Waals surface area contributed by atoms with Crippen molar-refractivity contribution < 1.29 is 9.59 Å². The average molecular weight is 302 g/mol. The number of likely N-dealkylation sites (tertiary alicyclic amines) is 1.